The average Bonchev–Trinajstić information content (AvgIpc) is 3.13. The first-order valence-corrected chi connectivity index (χ1v) is 9.68. The lowest BCUT2D eigenvalue weighted by Crippen LogP contribution is -2.36. The van der Waals surface area contributed by atoms with Crippen molar-refractivity contribution in [2.45, 2.75) is 32.0 Å². The maximum atomic E-state index is 13.1. The van der Waals surface area contributed by atoms with E-state index in [0.29, 0.717) is 37.3 Å². The molecular weight excluding hydrogens is 423 g/mol. The van der Waals surface area contributed by atoms with E-state index in [1.807, 2.05) is 4.90 Å². The Morgan fingerprint density at radius 1 is 1.13 bits per heavy atom. The number of aromatic nitrogens is 5. The number of piperidine rings is 1. The van der Waals surface area contributed by atoms with Crippen LogP contribution in [0.5, 0.6) is 5.88 Å². The summed E-state index contributed by atoms with van der Waals surface area (Å²) in [6.07, 6.45) is -1.51. The Kier molecular flexibility index (Phi) is 5.88. The number of ether oxygens (including phenoxy) is 1. The predicted octanol–water partition coefficient (Wildman–Crippen LogP) is 3.80. The molecule has 4 rings (SSSR count). The van der Waals surface area contributed by atoms with Crippen LogP contribution in [-0.4, -0.2) is 50.9 Å². The zero-order valence-corrected chi connectivity index (χ0v) is 16.3. The molecule has 7 nitrogen and oxygen atoms in total. The number of nitrogens with zero attached hydrogens (tertiary/aromatic N) is 6. The number of hydrogen-bond acceptors (Lipinski definition) is 6. The molecule has 0 saturated carbocycles. The van der Waals surface area contributed by atoms with Gasteiger partial charge in [0.05, 0.1) is 19.0 Å². The minimum Gasteiger partial charge on any atom is -0.477 e. The molecule has 1 saturated heterocycles. The summed E-state index contributed by atoms with van der Waals surface area (Å²) >= 11 is 0. The fourth-order valence-corrected chi connectivity index (χ4v) is 3.50. The van der Waals surface area contributed by atoms with Gasteiger partial charge in [-0.25, -0.2) is 28.4 Å². The highest BCUT2D eigenvalue weighted by molar-refractivity contribution is 5.71. The Bertz CT molecular complexity index is 1030. The van der Waals surface area contributed by atoms with Crippen molar-refractivity contribution in [3.05, 3.63) is 36.3 Å². The standard InChI is InChI=1S/C19H19F5N6O/c20-15(21)10-30-17-14(8-27-30)26-9-16(28-17)29-6-3-12(4-7-29)11-31-18-13(19(22,23)24)2-1-5-25-18/h1-2,5,8-9,12,15H,3-4,6-7,10-11H2. The summed E-state index contributed by atoms with van der Waals surface area (Å²) in [6, 6.07) is 2.16. The van der Waals surface area contributed by atoms with Gasteiger partial charge in [0.2, 0.25) is 5.88 Å². The van der Waals surface area contributed by atoms with Crippen molar-refractivity contribution >= 4 is 17.0 Å². The monoisotopic (exact) mass is 442 g/mol. The van der Waals surface area contributed by atoms with Gasteiger partial charge in [-0.2, -0.15) is 18.3 Å². The lowest BCUT2D eigenvalue weighted by atomic mass is 9.98. The van der Waals surface area contributed by atoms with E-state index in [1.165, 1.54) is 18.5 Å². The molecule has 0 atom stereocenters. The maximum absolute atomic E-state index is 13.1. The van der Waals surface area contributed by atoms with E-state index in [2.05, 4.69) is 20.1 Å². The second-order valence-corrected chi connectivity index (χ2v) is 7.25. The van der Waals surface area contributed by atoms with Crippen LogP contribution in [-0.2, 0) is 12.7 Å². The van der Waals surface area contributed by atoms with Crippen LogP contribution < -0.4 is 9.64 Å². The van der Waals surface area contributed by atoms with Gasteiger partial charge >= 0.3 is 6.18 Å². The number of hydrogen-bond donors (Lipinski definition) is 0. The smallest absolute Gasteiger partial charge is 0.421 e. The Morgan fingerprint density at radius 3 is 2.61 bits per heavy atom. The van der Waals surface area contributed by atoms with Crippen molar-refractivity contribution in [3.63, 3.8) is 0 Å². The molecular formula is C19H19F5N6O. The fraction of sp³-hybridized carbons (Fsp3) is 0.474. The fourth-order valence-electron chi connectivity index (χ4n) is 3.50. The molecule has 0 bridgehead atoms. The van der Waals surface area contributed by atoms with Gasteiger partial charge in [0.15, 0.2) is 5.65 Å². The molecule has 12 heteroatoms. The molecule has 1 aliphatic heterocycles. The van der Waals surface area contributed by atoms with Crippen LogP contribution in [0.2, 0.25) is 0 Å². The Balaban J connectivity index is 1.37. The average molecular weight is 442 g/mol. The van der Waals surface area contributed by atoms with Crippen LogP contribution in [0.4, 0.5) is 27.8 Å². The summed E-state index contributed by atoms with van der Waals surface area (Å²) in [4.78, 5) is 14.3. The van der Waals surface area contributed by atoms with Gasteiger partial charge in [0, 0.05) is 19.3 Å². The van der Waals surface area contributed by atoms with E-state index in [4.69, 9.17) is 4.74 Å². The minimum absolute atomic E-state index is 0.0559. The molecule has 166 valence electrons. The topological polar surface area (TPSA) is 69.0 Å². The third-order valence-electron chi connectivity index (χ3n) is 5.11. The lowest BCUT2D eigenvalue weighted by Gasteiger charge is -2.32. The van der Waals surface area contributed by atoms with E-state index in [0.717, 1.165) is 10.7 Å². The Labute approximate surface area is 173 Å². The van der Waals surface area contributed by atoms with Gasteiger partial charge < -0.3 is 9.64 Å². The first kappa shape index (κ1) is 21.2. The summed E-state index contributed by atoms with van der Waals surface area (Å²) < 4.78 is 71.1. The van der Waals surface area contributed by atoms with Crippen molar-refractivity contribution in [2.24, 2.45) is 5.92 Å². The third-order valence-corrected chi connectivity index (χ3v) is 5.11. The number of alkyl halides is 5. The largest absolute Gasteiger partial charge is 0.477 e. The zero-order chi connectivity index (χ0) is 22.0. The van der Waals surface area contributed by atoms with Crippen LogP contribution >= 0.6 is 0 Å². The molecule has 3 aromatic heterocycles. The summed E-state index contributed by atoms with van der Waals surface area (Å²) in [7, 11) is 0. The van der Waals surface area contributed by atoms with E-state index < -0.39 is 30.6 Å². The molecule has 1 fully saturated rings. The van der Waals surface area contributed by atoms with Crippen molar-refractivity contribution in [1.82, 2.24) is 24.7 Å². The molecule has 0 amide bonds. The van der Waals surface area contributed by atoms with Crippen LogP contribution in [0.1, 0.15) is 18.4 Å². The van der Waals surface area contributed by atoms with Crippen LogP contribution in [0.15, 0.2) is 30.7 Å². The van der Waals surface area contributed by atoms with Crippen molar-refractivity contribution in [3.8, 4) is 5.88 Å². The van der Waals surface area contributed by atoms with Gasteiger partial charge in [-0.1, -0.05) is 0 Å². The Morgan fingerprint density at radius 2 is 1.90 bits per heavy atom. The highest BCUT2D eigenvalue weighted by Crippen LogP contribution is 2.35. The van der Waals surface area contributed by atoms with Crippen molar-refractivity contribution < 1.29 is 26.7 Å². The van der Waals surface area contributed by atoms with Gasteiger partial charge in [-0.3, -0.25) is 0 Å². The summed E-state index contributed by atoms with van der Waals surface area (Å²) in [5.74, 6) is 0.188. The van der Waals surface area contributed by atoms with Crippen LogP contribution in [0.3, 0.4) is 0 Å². The molecule has 0 spiro atoms. The number of fused-ring (bicyclic) bond motifs is 1. The van der Waals surface area contributed by atoms with Crippen molar-refractivity contribution in [1.29, 1.82) is 0 Å². The number of pyridine rings is 1. The van der Waals surface area contributed by atoms with E-state index >= 15 is 0 Å². The van der Waals surface area contributed by atoms with Crippen molar-refractivity contribution in [2.75, 3.05) is 24.6 Å². The first-order valence-electron chi connectivity index (χ1n) is 9.68. The van der Waals surface area contributed by atoms with Crippen LogP contribution in [0, 0.1) is 5.92 Å². The SMILES string of the molecule is FC(F)Cn1ncc2ncc(N3CCC(COc4ncccc4C(F)(F)F)CC3)nc21. The first-order chi connectivity index (χ1) is 14.8. The summed E-state index contributed by atoms with van der Waals surface area (Å²) in [5, 5.41) is 3.90. The second-order valence-electron chi connectivity index (χ2n) is 7.25. The predicted molar refractivity (Wildman–Crippen MR) is 101 cm³/mol. The van der Waals surface area contributed by atoms with Gasteiger partial charge in [-0.05, 0) is 30.9 Å². The van der Waals surface area contributed by atoms with E-state index in [9.17, 15) is 22.0 Å². The number of rotatable bonds is 6. The highest BCUT2D eigenvalue weighted by atomic mass is 19.4. The minimum atomic E-state index is -4.53. The quantitative estimate of drug-likeness (QED) is 0.541. The second kappa shape index (κ2) is 8.60. The highest BCUT2D eigenvalue weighted by Gasteiger charge is 2.35. The zero-order valence-electron chi connectivity index (χ0n) is 16.3. The number of halogens is 5. The molecule has 0 aromatic carbocycles. The Hall–Kier alpha value is -3.05. The molecule has 0 aliphatic carbocycles. The third kappa shape index (κ3) is 4.83. The molecule has 3 aromatic rings. The summed E-state index contributed by atoms with van der Waals surface area (Å²) in [5.41, 5.74) is -0.168. The van der Waals surface area contributed by atoms with E-state index in [-0.39, 0.29) is 18.2 Å². The molecule has 0 N–H and O–H groups in total. The number of anilines is 1. The molecule has 4 heterocycles. The normalized spacial score (nSPS) is 15.7. The van der Waals surface area contributed by atoms with Gasteiger partial charge in [-0.15, -0.1) is 0 Å². The maximum Gasteiger partial charge on any atom is 0.421 e. The van der Waals surface area contributed by atoms with E-state index in [1.54, 1.807) is 6.20 Å². The molecule has 31 heavy (non-hydrogen) atoms. The lowest BCUT2D eigenvalue weighted by molar-refractivity contribution is -0.139. The molecule has 0 unspecified atom stereocenters. The molecule has 0 radical (unpaired) electrons. The van der Waals surface area contributed by atoms with Gasteiger partial charge in [0.1, 0.15) is 23.4 Å². The molecule has 1 aliphatic rings. The van der Waals surface area contributed by atoms with Gasteiger partial charge in [0.25, 0.3) is 6.43 Å². The summed E-state index contributed by atoms with van der Waals surface area (Å²) in [6.45, 7) is 0.741. The van der Waals surface area contributed by atoms with Crippen LogP contribution in [0.25, 0.3) is 11.2 Å².